The van der Waals surface area contributed by atoms with E-state index in [0.29, 0.717) is 18.7 Å². The van der Waals surface area contributed by atoms with E-state index in [0.717, 1.165) is 16.8 Å². The van der Waals surface area contributed by atoms with E-state index in [1.807, 2.05) is 26.0 Å². The zero-order valence-corrected chi connectivity index (χ0v) is 14.7. The van der Waals surface area contributed by atoms with Gasteiger partial charge < -0.3 is 0 Å². The third-order valence-corrected chi connectivity index (χ3v) is 4.74. The maximum absolute atomic E-state index is 12.9. The third-order valence-electron chi connectivity index (χ3n) is 4.74. The lowest BCUT2D eigenvalue weighted by Gasteiger charge is -2.18. The van der Waals surface area contributed by atoms with Gasteiger partial charge in [0.05, 0.1) is 11.1 Å². The van der Waals surface area contributed by atoms with Crippen molar-refractivity contribution in [1.82, 2.24) is 9.78 Å². The minimum Gasteiger partial charge on any atom is -0.245 e. The molecule has 1 aliphatic rings. The number of rotatable bonds is 8. The molecule has 1 fully saturated rings. The van der Waals surface area contributed by atoms with E-state index in [9.17, 15) is 13.2 Å². The van der Waals surface area contributed by atoms with Gasteiger partial charge in [0.1, 0.15) is 0 Å². The van der Waals surface area contributed by atoms with Crippen molar-refractivity contribution in [2.24, 2.45) is 10.4 Å². The summed E-state index contributed by atoms with van der Waals surface area (Å²) in [5.74, 6) is 0.556. The van der Waals surface area contributed by atoms with Crippen LogP contribution < -0.4 is 0 Å². The lowest BCUT2D eigenvalue weighted by atomic mass is 9.98. The van der Waals surface area contributed by atoms with Crippen LogP contribution >= 0.6 is 0 Å². The summed E-state index contributed by atoms with van der Waals surface area (Å²) in [6.45, 7) is 11.3. The van der Waals surface area contributed by atoms with Crippen molar-refractivity contribution >= 4 is 12.5 Å². The molecule has 0 saturated heterocycles. The highest BCUT2D eigenvalue weighted by atomic mass is 19.4. The third kappa shape index (κ3) is 4.71. The molecule has 0 N–H and O–H groups in total. The number of nitrogens with zero attached hydrogens (tertiary/aromatic N) is 3. The van der Waals surface area contributed by atoms with Crippen LogP contribution in [0.15, 0.2) is 47.1 Å². The highest BCUT2D eigenvalue weighted by Crippen LogP contribution is 2.60. The summed E-state index contributed by atoms with van der Waals surface area (Å²) in [6.07, 6.45) is 3.02. The molecule has 0 aromatic carbocycles. The first-order chi connectivity index (χ1) is 11.7. The van der Waals surface area contributed by atoms with Crippen molar-refractivity contribution in [2.75, 3.05) is 0 Å². The number of halogens is 3. The maximum Gasteiger partial charge on any atom is 0.394 e. The van der Waals surface area contributed by atoms with Crippen LogP contribution in [0.5, 0.6) is 0 Å². The highest BCUT2D eigenvalue weighted by Gasteiger charge is 2.62. The fraction of sp³-hybridized carbons (Fsp3) is 0.474. The van der Waals surface area contributed by atoms with Crippen LogP contribution in [0.1, 0.15) is 45.2 Å². The van der Waals surface area contributed by atoms with E-state index in [4.69, 9.17) is 0 Å². The second kappa shape index (κ2) is 7.42. The second-order valence-electron chi connectivity index (χ2n) is 6.70. The minimum atomic E-state index is -4.08. The fourth-order valence-electron chi connectivity index (χ4n) is 2.60. The van der Waals surface area contributed by atoms with Crippen LogP contribution in [-0.2, 0) is 6.42 Å². The first kappa shape index (κ1) is 19.2. The summed E-state index contributed by atoms with van der Waals surface area (Å²) in [6, 6.07) is 1.81. The molecule has 1 aliphatic carbocycles. The molecule has 1 heterocycles. The predicted octanol–water partition coefficient (Wildman–Crippen LogP) is 5.57. The van der Waals surface area contributed by atoms with Crippen LogP contribution in [-0.4, -0.2) is 22.7 Å². The van der Waals surface area contributed by atoms with Gasteiger partial charge in [-0.15, -0.1) is 0 Å². The molecule has 1 aromatic heterocycles. The van der Waals surface area contributed by atoms with Crippen molar-refractivity contribution in [1.29, 1.82) is 0 Å². The summed E-state index contributed by atoms with van der Waals surface area (Å²) < 4.78 is 40.4. The number of aliphatic imine (C=N–C) groups is 1. The van der Waals surface area contributed by atoms with Crippen molar-refractivity contribution in [3.8, 4) is 0 Å². The lowest BCUT2D eigenvalue weighted by Crippen LogP contribution is -2.24. The number of hydrogen-bond donors (Lipinski definition) is 0. The Morgan fingerprint density at radius 2 is 2.04 bits per heavy atom. The van der Waals surface area contributed by atoms with E-state index >= 15 is 0 Å². The topological polar surface area (TPSA) is 30.2 Å². The molecule has 136 valence electrons. The van der Waals surface area contributed by atoms with Gasteiger partial charge in [0.25, 0.3) is 0 Å². The molecule has 0 spiro atoms. The average Bonchev–Trinajstić information content (AvgIpc) is 3.20. The van der Waals surface area contributed by atoms with Crippen LogP contribution in [0.4, 0.5) is 13.2 Å². The van der Waals surface area contributed by atoms with Gasteiger partial charge in [0.2, 0.25) is 0 Å². The summed E-state index contributed by atoms with van der Waals surface area (Å²) in [4.78, 5) is 3.95. The van der Waals surface area contributed by atoms with E-state index in [1.54, 1.807) is 17.0 Å². The second-order valence-corrected chi connectivity index (χ2v) is 6.70. The summed E-state index contributed by atoms with van der Waals surface area (Å²) >= 11 is 0. The van der Waals surface area contributed by atoms with Crippen LogP contribution in [0.2, 0.25) is 0 Å². The van der Waals surface area contributed by atoms with Gasteiger partial charge in [-0.3, -0.25) is 0 Å². The standard InChI is InChI=1S/C19H24F3N3/c1-14(2)15(3)7-8-17(23-4)25-13-9-16(24-25)6-5-10-18(11-12-18)19(20,21)22/h7-9,13H,1,4-6,10-12H2,2-3H3/b15-7+,17-8+. The highest BCUT2D eigenvalue weighted by molar-refractivity contribution is 5.53. The van der Waals surface area contributed by atoms with Gasteiger partial charge in [-0.05, 0) is 70.4 Å². The first-order valence-electron chi connectivity index (χ1n) is 8.31. The molecule has 0 amide bonds. The molecule has 0 unspecified atom stereocenters. The van der Waals surface area contributed by atoms with Gasteiger partial charge in [-0.1, -0.05) is 18.2 Å². The Morgan fingerprint density at radius 3 is 2.56 bits per heavy atom. The van der Waals surface area contributed by atoms with E-state index < -0.39 is 11.6 Å². The van der Waals surface area contributed by atoms with Gasteiger partial charge in [-0.25, -0.2) is 9.67 Å². The molecule has 1 aromatic rings. The summed E-state index contributed by atoms with van der Waals surface area (Å²) in [7, 11) is 0. The van der Waals surface area contributed by atoms with Crippen molar-refractivity contribution in [3.05, 3.63) is 47.8 Å². The molecular formula is C19H24F3N3. The molecule has 1 saturated carbocycles. The molecule has 25 heavy (non-hydrogen) atoms. The van der Waals surface area contributed by atoms with Gasteiger partial charge in [-0.2, -0.15) is 18.3 Å². The Kier molecular flexibility index (Phi) is 5.70. The van der Waals surface area contributed by atoms with E-state index in [-0.39, 0.29) is 19.3 Å². The summed E-state index contributed by atoms with van der Waals surface area (Å²) in [5.41, 5.74) is 1.30. The lowest BCUT2D eigenvalue weighted by molar-refractivity contribution is -0.189. The quantitative estimate of drug-likeness (QED) is 0.445. The molecule has 6 heteroatoms. The van der Waals surface area contributed by atoms with Crippen molar-refractivity contribution in [3.63, 3.8) is 0 Å². The summed E-state index contributed by atoms with van der Waals surface area (Å²) in [5, 5.41) is 4.39. The number of allylic oxidation sites excluding steroid dienone is 4. The molecular weight excluding hydrogens is 327 g/mol. The Balaban J connectivity index is 1.97. The van der Waals surface area contributed by atoms with Crippen LogP contribution in [0, 0.1) is 5.41 Å². The minimum absolute atomic E-state index is 0.173. The zero-order valence-electron chi connectivity index (χ0n) is 14.7. The number of aromatic nitrogens is 2. The van der Waals surface area contributed by atoms with Crippen molar-refractivity contribution < 1.29 is 13.2 Å². The first-order valence-corrected chi connectivity index (χ1v) is 8.31. The molecule has 0 atom stereocenters. The fourth-order valence-corrected chi connectivity index (χ4v) is 2.60. The smallest absolute Gasteiger partial charge is 0.245 e. The van der Waals surface area contributed by atoms with E-state index in [2.05, 4.69) is 23.4 Å². The van der Waals surface area contributed by atoms with Gasteiger partial charge >= 0.3 is 6.18 Å². The Bertz CT molecular complexity index is 704. The van der Waals surface area contributed by atoms with E-state index in [1.165, 1.54) is 0 Å². The van der Waals surface area contributed by atoms with Crippen molar-refractivity contribution in [2.45, 2.75) is 52.1 Å². The zero-order chi connectivity index (χ0) is 18.7. The van der Waals surface area contributed by atoms with Gasteiger partial charge in [0, 0.05) is 6.20 Å². The SMILES string of the molecule is C=N/C(=C\C=C(/C)C(=C)C)n1ccc(CCCC2(C(F)(F)F)CC2)n1. The molecule has 0 aliphatic heterocycles. The normalized spacial score (nSPS) is 17.5. The monoisotopic (exact) mass is 351 g/mol. The van der Waals surface area contributed by atoms with Crippen LogP contribution in [0.3, 0.4) is 0 Å². The number of alkyl halides is 3. The molecule has 0 bridgehead atoms. The number of hydrogen-bond acceptors (Lipinski definition) is 2. The maximum atomic E-state index is 12.9. The average molecular weight is 351 g/mol. The Labute approximate surface area is 146 Å². The Hall–Kier alpha value is -2.11. The molecule has 2 rings (SSSR count). The number of aryl methyl sites for hydroxylation is 1. The Morgan fingerprint density at radius 1 is 1.36 bits per heavy atom. The van der Waals surface area contributed by atoms with Gasteiger partial charge in [0.15, 0.2) is 5.82 Å². The molecule has 0 radical (unpaired) electrons. The largest absolute Gasteiger partial charge is 0.394 e. The van der Waals surface area contributed by atoms with Crippen LogP contribution in [0.25, 0.3) is 5.82 Å². The predicted molar refractivity (Wildman–Crippen MR) is 95.3 cm³/mol. The molecule has 3 nitrogen and oxygen atoms in total.